The summed E-state index contributed by atoms with van der Waals surface area (Å²) in [5, 5.41) is 3.08. The van der Waals surface area contributed by atoms with Crippen molar-refractivity contribution in [2.24, 2.45) is 0 Å². The van der Waals surface area contributed by atoms with E-state index >= 15 is 0 Å². The largest absolute Gasteiger partial charge is 0.496 e. The van der Waals surface area contributed by atoms with Gasteiger partial charge in [-0.15, -0.1) is 0 Å². The van der Waals surface area contributed by atoms with Crippen LogP contribution in [0, 0.1) is 0 Å². The Morgan fingerprint density at radius 3 is 2.74 bits per heavy atom. The first-order valence-corrected chi connectivity index (χ1v) is 6.17. The van der Waals surface area contributed by atoms with Gasteiger partial charge in [0.15, 0.2) is 0 Å². The molecule has 0 saturated carbocycles. The van der Waals surface area contributed by atoms with Crippen LogP contribution in [0.4, 0.5) is 13.2 Å². The second-order valence-electron chi connectivity index (χ2n) is 4.49. The molecule has 1 unspecified atom stereocenters. The SMILES string of the molecule is CNC(Cc1cccc(C(F)(F)F)c1)C1=CCCO1. The topological polar surface area (TPSA) is 21.3 Å². The first-order chi connectivity index (χ1) is 9.00. The number of halogens is 3. The number of hydrogen-bond acceptors (Lipinski definition) is 2. The van der Waals surface area contributed by atoms with E-state index in [2.05, 4.69) is 5.32 Å². The average Bonchev–Trinajstić information content (AvgIpc) is 2.89. The highest BCUT2D eigenvalue weighted by Crippen LogP contribution is 2.30. The van der Waals surface area contributed by atoms with Crippen LogP contribution in [-0.2, 0) is 17.3 Å². The Balaban J connectivity index is 2.13. The zero-order chi connectivity index (χ0) is 13.9. The molecule has 0 spiro atoms. The minimum Gasteiger partial charge on any atom is -0.496 e. The summed E-state index contributed by atoms with van der Waals surface area (Å²) in [6.45, 7) is 0.649. The maximum absolute atomic E-state index is 12.6. The fourth-order valence-corrected chi connectivity index (χ4v) is 2.13. The zero-order valence-corrected chi connectivity index (χ0v) is 10.6. The zero-order valence-electron chi connectivity index (χ0n) is 10.6. The highest BCUT2D eigenvalue weighted by atomic mass is 19.4. The molecule has 1 atom stereocenters. The van der Waals surface area contributed by atoms with Crippen molar-refractivity contribution in [3.63, 3.8) is 0 Å². The fraction of sp³-hybridized carbons (Fsp3) is 0.429. The minimum atomic E-state index is -4.30. The molecule has 0 radical (unpaired) electrons. The van der Waals surface area contributed by atoms with Crippen LogP contribution >= 0.6 is 0 Å². The van der Waals surface area contributed by atoms with Crippen LogP contribution < -0.4 is 5.32 Å². The molecule has 0 fully saturated rings. The molecule has 1 N–H and O–H groups in total. The van der Waals surface area contributed by atoms with Gasteiger partial charge in [0.1, 0.15) is 5.76 Å². The summed E-state index contributed by atoms with van der Waals surface area (Å²) in [6.07, 6.45) is -0.981. The van der Waals surface area contributed by atoms with Crippen LogP contribution in [0.25, 0.3) is 0 Å². The molecule has 0 amide bonds. The van der Waals surface area contributed by atoms with Gasteiger partial charge in [-0.1, -0.05) is 18.2 Å². The first kappa shape index (κ1) is 13.9. The Hall–Kier alpha value is -1.49. The Morgan fingerprint density at radius 2 is 2.16 bits per heavy atom. The second-order valence-corrected chi connectivity index (χ2v) is 4.49. The molecule has 5 heteroatoms. The van der Waals surface area contributed by atoms with Crippen LogP contribution in [-0.4, -0.2) is 19.7 Å². The number of ether oxygens (including phenoxy) is 1. The smallest absolute Gasteiger partial charge is 0.416 e. The third-order valence-corrected chi connectivity index (χ3v) is 3.12. The van der Waals surface area contributed by atoms with E-state index in [0.29, 0.717) is 18.6 Å². The molecule has 104 valence electrons. The van der Waals surface area contributed by atoms with Gasteiger partial charge < -0.3 is 10.1 Å². The van der Waals surface area contributed by atoms with Crippen molar-refractivity contribution < 1.29 is 17.9 Å². The minimum absolute atomic E-state index is 0.0778. The first-order valence-electron chi connectivity index (χ1n) is 6.17. The average molecular weight is 271 g/mol. The Bertz CT molecular complexity index is 468. The summed E-state index contributed by atoms with van der Waals surface area (Å²) < 4.78 is 43.4. The third-order valence-electron chi connectivity index (χ3n) is 3.12. The molecule has 1 aliphatic heterocycles. The second kappa shape index (κ2) is 5.65. The van der Waals surface area contributed by atoms with E-state index in [9.17, 15) is 13.2 Å². The molecule has 0 aromatic heterocycles. The van der Waals surface area contributed by atoms with Crippen LogP contribution in [0.1, 0.15) is 17.5 Å². The highest BCUT2D eigenvalue weighted by molar-refractivity contribution is 5.27. The number of rotatable bonds is 4. The van der Waals surface area contributed by atoms with Crippen molar-refractivity contribution in [2.45, 2.75) is 25.1 Å². The lowest BCUT2D eigenvalue weighted by Crippen LogP contribution is -2.30. The van der Waals surface area contributed by atoms with Crippen LogP contribution in [0.5, 0.6) is 0 Å². The lowest BCUT2D eigenvalue weighted by Gasteiger charge is -2.18. The Kier molecular flexibility index (Phi) is 4.14. The molecular formula is C14H16F3NO. The molecule has 2 nitrogen and oxygen atoms in total. The highest BCUT2D eigenvalue weighted by Gasteiger charge is 2.30. The van der Waals surface area contributed by atoms with Gasteiger partial charge in [0.05, 0.1) is 18.2 Å². The van der Waals surface area contributed by atoms with E-state index in [1.807, 2.05) is 6.08 Å². The van der Waals surface area contributed by atoms with Gasteiger partial charge in [-0.05, 0) is 31.2 Å². The van der Waals surface area contributed by atoms with E-state index in [-0.39, 0.29) is 6.04 Å². The number of alkyl halides is 3. The van der Waals surface area contributed by atoms with Crippen LogP contribution in [0.3, 0.4) is 0 Å². The van der Waals surface area contributed by atoms with Gasteiger partial charge >= 0.3 is 6.18 Å². The van der Waals surface area contributed by atoms with Crippen molar-refractivity contribution in [1.29, 1.82) is 0 Å². The molecule has 1 heterocycles. The molecule has 2 rings (SSSR count). The van der Waals surface area contributed by atoms with E-state index < -0.39 is 11.7 Å². The molecular weight excluding hydrogens is 255 g/mol. The quantitative estimate of drug-likeness (QED) is 0.908. The van der Waals surface area contributed by atoms with Crippen molar-refractivity contribution in [1.82, 2.24) is 5.32 Å². The molecule has 19 heavy (non-hydrogen) atoms. The summed E-state index contributed by atoms with van der Waals surface area (Å²) in [5.41, 5.74) is 0.0340. The fourth-order valence-electron chi connectivity index (χ4n) is 2.13. The monoisotopic (exact) mass is 271 g/mol. The summed E-state index contributed by atoms with van der Waals surface area (Å²) in [6, 6.07) is 5.35. The molecule has 0 saturated heterocycles. The van der Waals surface area contributed by atoms with E-state index in [4.69, 9.17) is 4.74 Å². The summed E-state index contributed by atoms with van der Waals surface area (Å²) in [4.78, 5) is 0. The molecule has 1 aromatic carbocycles. The van der Waals surface area contributed by atoms with Crippen molar-refractivity contribution in [3.05, 3.63) is 47.2 Å². The maximum atomic E-state index is 12.6. The number of benzene rings is 1. The summed E-state index contributed by atoms with van der Waals surface area (Å²) in [5.74, 6) is 0.819. The van der Waals surface area contributed by atoms with Crippen molar-refractivity contribution >= 4 is 0 Å². The molecule has 1 aliphatic rings. The van der Waals surface area contributed by atoms with E-state index in [0.717, 1.165) is 18.2 Å². The number of hydrogen-bond donors (Lipinski definition) is 1. The van der Waals surface area contributed by atoms with Crippen LogP contribution in [0.2, 0.25) is 0 Å². The van der Waals surface area contributed by atoms with Crippen molar-refractivity contribution in [3.8, 4) is 0 Å². The predicted molar refractivity (Wildman–Crippen MR) is 66.6 cm³/mol. The Labute approximate surface area is 110 Å². The summed E-state index contributed by atoms with van der Waals surface area (Å²) >= 11 is 0. The van der Waals surface area contributed by atoms with Gasteiger partial charge in [-0.2, -0.15) is 13.2 Å². The van der Waals surface area contributed by atoms with Gasteiger partial charge in [0.25, 0.3) is 0 Å². The summed E-state index contributed by atoms with van der Waals surface area (Å²) in [7, 11) is 1.78. The number of likely N-dealkylation sites (N-methyl/N-ethyl adjacent to an activating group) is 1. The van der Waals surface area contributed by atoms with E-state index in [1.54, 1.807) is 13.1 Å². The standard InChI is InChI=1S/C14H16F3NO/c1-18-12(13-6-3-7-19-13)9-10-4-2-5-11(8-10)14(15,16)17/h2,4-6,8,12,18H,3,7,9H2,1H3. The normalized spacial score (nSPS) is 16.9. The molecule has 1 aromatic rings. The lowest BCUT2D eigenvalue weighted by atomic mass is 10.0. The van der Waals surface area contributed by atoms with Crippen LogP contribution in [0.15, 0.2) is 36.1 Å². The molecule has 0 aliphatic carbocycles. The predicted octanol–water partition coefficient (Wildman–Crippen LogP) is 3.14. The van der Waals surface area contributed by atoms with Gasteiger partial charge in [-0.25, -0.2) is 0 Å². The number of nitrogens with one attached hydrogen (secondary N) is 1. The third kappa shape index (κ3) is 3.50. The van der Waals surface area contributed by atoms with E-state index in [1.165, 1.54) is 12.1 Å². The van der Waals surface area contributed by atoms with Gasteiger partial charge in [0, 0.05) is 6.42 Å². The lowest BCUT2D eigenvalue weighted by molar-refractivity contribution is -0.137. The van der Waals surface area contributed by atoms with Gasteiger partial charge in [-0.3, -0.25) is 0 Å². The maximum Gasteiger partial charge on any atom is 0.416 e. The van der Waals surface area contributed by atoms with Gasteiger partial charge in [0.2, 0.25) is 0 Å². The van der Waals surface area contributed by atoms with Crippen molar-refractivity contribution in [2.75, 3.05) is 13.7 Å². The molecule has 0 bridgehead atoms. The Morgan fingerprint density at radius 1 is 1.37 bits per heavy atom.